The molecule has 11 heteroatoms. The summed E-state index contributed by atoms with van der Waals surface area (Å²) in [5, 5.41) is 5.80. The van der Waals surface area contributed by atoms with E-state index in [-0.39, 0.29) is 12.5 Å². The molecule has 1 fully saturated rings. The Morgan fingerprint density at radius 3 is 2.71 bits per heavy atom. The van der Waals surface area contributed by atoms with Crippen LogP contribution in [0.25, 0.3) is 6.08 Å². The highest BCUT2D eigenvalue weighted by molar-refractivity contribution is 6.30. The van der Waals surface area contributed by atoms with Crippen LogP contribution in [0.3, 0.4) is 0 Å². The third-order valence-corrected chi connectivity index (χ3v) is 5.58. The third kappa shape index (κ3) is 8.50. The summed E-state index contributed by atoms with van der Waals surface area (Å²) in [6.45, 7) is 4.84. The number of hydrazine groups is 1. The maximum Gasteiger partial charge on any atom is 0.246 e. The first-order valence-corrected chi connectivity index (χ1v) is 11.7. The zero-order valence-electron chi connectivity index (χ0n) is 19.7. The highest BCUT2D eigenvalue weighted by Crippen LogP contribution is 2.19. The fraction of sp³-hybridized carbons (Fsp3) is 0.375. The Bertz CT molecular complexity index is 1040. The van der Waals surface area contributed by atoms with Crippen LogP contribution in [0.2, 0.25) is 5.02 Å². The van der Waals surface area contributed by atoms with Gasteiger partial charge in [-0.1, -0.05) is 17.7 Å². The number of hydrogen-bond acceptors (Lipinski definition) is 7. The second kappa shape index (κ2) is 13.0. The number of carbonyl (C=O) groups is 1. The standard InChI is InChI=1S/C24H31ClFN7O2/c1-18(27)30-33(28)16-20-14-21(25)4-2-19(20)3-7-24(34)32-11-9-31(10-12-32)17-22-5-6-23(15-29-22)35-13-8-26/h2-7,14-15H,8-13,16-17,28H2,1H3,(H2,27,30)/b7-3+. The van der Waals surface area contributed by atoms with E-state index >= 15 is 0 Å². The van der Waals surface area contributed by atoms with E-state index in [1.54, 1.807) is 43.5 Å². The first kappa shape index (κ1) is 26.4. The molecule has 0 unspecified atom stereocenters. The number of hydrogen-bond donors (Lipinski definition) is 2. The van der Waals surface area contributed by atoms with Crippen molar-refractivity contribution in [2.75, 3.05) is 39.5 Å². The molecule has 0 atom stereocenters. The van der Waals surface area contributed by atoms with Gasteiger partial charge in [-0.15, -0.1) is 5.10 Å². The molecule has 4 N–H and O–H groups in total. The van der Waals surface area contributed by atoms with Crippen LogP contribution in [0.15, 0.2) is 47.7 Å². The lowest BCUT2D eigenvalue weighted by Gasteiger charge is -2.34. The number of rotatable bonds is 10. The van der Waals surface area contributed by atoms with Gasteiger partial charge in [-0.2, -0.15) is 0 Å². The first-order chi connectivity index (χ1) is 16.8. The summed E-state index contributed by atoms with van der Waals surface area (Å²) in [6.07, 6.45) is 4.94. The van der Waals surface area contributed by atoms with Gasteiger partial charge >= 0.3 is 0 Å². The minimum absolute atomic E-state index is 0.0266. The predicted molar refractivity (Wildman–Crippen MR) is 135 cm³/mol. The smallest absolute Gasteiger partial charge is 0.246 e. The Hall–Kier alpha value is -3.21. The van der Waals surface area contributed by atoms with Crippen LogP contribution in [0.4, 0.5) is 4.39 Å². The van der Waals surface area contributed by atoms with Crippen molar-refractivity contribution in [2.24, 2.45) is 16.7 Å². The maximum atomic E-state index is 12.8. The molecule has 1 aromatic carbocycles. The van der Waals surface area contributed by atoms with E-state index in [1.165, 1.54) is 5.12 Å². The van der Waals surface area contributed by atoms with Crippen LogP contribution in [-0.4, -0.2) is 71.1 Å². The number of nitrogens with two attached hydrogens (primary N) is 2. The molecular formula is C24H31ClFN7O2. The van der Waals surface area contributed by atoms with Crippen molar-refractivity contribution < 1.29 is 13.9 Å². The molecule has 35 heavy (non-hydrogen) atoms. The van der Waals surface area contributed by atoms with Gasteiger partial charge in [0.05, 0.1) is 18.4 Å². The molecule has 0 spiro atoms. The van der Waals surface area contributed by atoms with Crippen molar-refractivity contribution in [3.05, 3.63) is 64.4 Å². The Kier molecular flexibility index (Phi) is 9.83. The SMILES string of the molecule is C/C(N)=N/N(N)Cc1cc(Cl)ccc1/C=C/C(=O)N1CCN(Cc2ccc(OCCF)cn2)CC1. The summed E-state index contributed by atoms with van der Waals surface area (Å²) in [5.41, 5.74) is 8.14. The van der Waals surface area contributed by atoms with E-state index in [4.69, 9.17) is 27.9 Å². The van der Waals surface area contributed by atoms with Gasteiger partial charge in [-0.3, -0.25) is 14.7 Å². The lowest BCUT2D eigenvalue weighted by Crippen LogP contribution is -2.47. The molecule has 3 rings (SSSR count). The highest BCUT2D eigenvalue weighted by atomic mass is 35.5. The summed E-state index contributed by atoms with van der Waals surface area (Å²) in [5.74, 6) is 6.73. The van der Waals surface area contributed by atoms with Gasteiger partial charge in [0.1, 0.15) is 24.9 Å². The summed E-state index contributed by atoms with van der Waals surface area (Å²) in [6, 6.07) is 9.06. The molecule has 0 radical (unpaired) electrons. The fourth-order valence-corrected chi connectivity index (χ4v) is 3.85. The Labute approximate surface area is 209 Å². The highest BCUT2D eigenvalue weighted by Gasteiger charge is 2.20. The summed E-state index contributed by atoms with van der Waals surface area (Å²) >= 11 is 6.14. The average Bonchev–Trinajstić information content (AvgIpc) is 2.83. The van der Waals surface area contributed by atoms with Crippen LogP contribution in [-0.2, 0) is 17.9 Å². The van der Waals surface area contributed by atoms with Gasteiger partial charge in [0.15, 0.2) is 0 Å². The number of nitrogens with zero attached hydrogens (tertiary/aromatic N) is 5. The minimum Gasteiger partial charge on any atom is -0.489 e. The fourth-order valence-electron chi connectivity index (χ4n) is 3.65. The van der Waals surface area contributed by atoms with Crippen molar-refractivity contribution in [3.63, 3.8) is 0 Å². The molecule has 0 saturated carbocycles. The number of alkyl halides is 1. The third-order valence-electron chi connectivity index (χ3n) is 5.34. The minimum atomic E-state index is -0.531. The van der Waals surface area contributed by atoms with E-state index in [9.17, 15) is 9.18 Å². The van der Waals surface area contributed by atoms with Crippen LogP contribution >= 0.6 is 11.6 Å². The molecule has 1 aromatic heterocycles. The number of amides is 1. The van der Waals surface area contributed by atoms with E-state index in [0.29, 0.717) is 42.8 Å². The monoisotopic (exact) mass is 503 g/mol. The normalized spacial score (nSPS) is 15.0. The van der Waals surface area contributed by atoms with Crippen molar-refractivity contribution >= 4 is 29.4 Å². The number of carbonyl (C=O) groups excluding carboxylic acids is 1. The van der Waals surface area contributed by atoms with Crippen molar-refractivity contribution in [3.8, 4) is 5.75 Å². The number of piperazine rings is 1. The van der Waals surface area contributed by atoms with Gasteiger partial charge in [-0.25, -0.2) is 15.4 Å². The van der Waals surface area contributed by atoms with Gasteiger partial charge in [0.2, 0.25) is 5.91 Å². The number of amidine groups is 1. The largest absolute Gasteiger partial charge is 0.489 e. The Morgan fingerprint density at radius 2 is 2.06 bits per heavy atom. The predicted octanol–water partition coefficient (Wildman–Crippen LogP) is 2.41. The average molecular weight is 504 g/mol. The Balaban J connectivity index is 1.53. The lowest BCUT2D eigenvalue weighted by molar-refractivity contribution is -0.127. The number of pyridine rings is 1. The summed E-state index contributed by atoms with van der Waals surface area (Å²) in [4.78, 5) is 21.2. The number of aromatic nitrogens is 1. The molecule has 1 aliphatic rings. The zero-order valence-corrected chi connectivity index (χ0v) is 20.5. The van der Waals surface area contributed by atoms with Gasteiger partial charge in [-0.05, 0) is 48.4 Å². The molecule has 0 bridgehead atoms. The lowest BCUT2D eigenvalue weighted by atomic mass is 10.1. The molecule has 1 amide bonds. The van der Waals surface area contributed by atoms with E-state index in [1.807, 2.05) is 17.0 Å². The number of benzene rings is 1. The summed E-state index contributed by atoms with van der Waals surface area (Å²) in [7, 11) is 0. The molecule has 1 saturated heterocycles. The summed E-state index contributed by atoms with van der Waals surface area (Å²) < 4.78 is 17.4. The number of hydrazone groups is 1. The van der Waals surface area contributed by atoms with Crippen LogP contribution in [0.5, 0.6) is 5.75 Å². The molecule has 1 aliphatic heterocycles. The van der Waals surface area contributed by atoms with Gasteiger partial charge in [0, 0.05) is 43.8 Å². The number of halogens is 2. The molecule has 9 nitrogen and oxygen atoms in total. The quantitative estimate of drug-likeness (QED) is 0.168. The van der Waals surface area contributed by atoms with E-state index in [0.717, 1.165) is 29.9 Å². The van der Waals surface area contributed by atoms with Crippen molar-refractivity contribution in [1.82, 2.24) is 19.9 Å². The van der Waals surface area contributed by atoms with E-state index in [2.05, 4.69) is 15.0 Å². The molecule has 2 aromatic rings. The zero-order chi connectivity index (χ0) is 25.2. The van der Waals surface area contributed by atoms with Gasteiger partial charge in [0.25, 0.3) is 0 Å². The second-order valence-corrected chi connectivity index (χ2v) is 8.58. The molecule has 188 valence electrons. The van der Waals surface area contributed by atoms with Crippen LogP contribution < -0.4 is 16.3 Å². The molecule has 2 heterocycles. The second-order valence-electron chi connectivity index (χ2n) is 8.14. The van der Waals surface area contributed by atoms with Crippen LogP contribution in [0.1, 0.15) is 23.7 Å². The van der Waals surface area contributed by atoms with Crippen molar-refractivity contribution in [1.29, 1.82) is 0 Å². The van der Waals surface area contributed by atoms with E-state index < -0.39 is 6.67 Å². The van der Waals surface area contributed by atoms with Crippen LogP contribution in [0, 0.1) is 0 Å². The topological polar surface area (TPSA) is 113 Å². The van der Waals surface area contributed by atoms with Gasteiger partial charge < -0.3 is 15.4 Å². The Morgan fingerprint density at radius 1 is 1.29 bits per heavy atom. The molecule has 0 aliphatic carbocycles. The maximum absolute atomic E-state index is 12.8. The van der Waals surface area contributed by atoms with Crippen molar-refractivity contribution in [2.45, 2.75) is 20.0 Å². The molecular weight excluding hydrogens is 473 g/mol. The first-order valence-electron chi connectivity index (χ1n) is 11.3. The number of ether oxygens (including phenoxy) is 1.